The third-order valence-electron chi connectivity index (χ3n) is 3.94. The standard InChI is InChI=1S/C20H20O4/c1-2-15-24-19(23)20(18(21)22,17-11-7-4-8-12-17)14-13-16-9-5-3-6-10-16/h2-12H,1,13-15H2,(H,21,22). The van der Waals surface area contributed by atoms with Crippen LogP contribution in [0.2, 0.25) is 0 Å². The molecule has 0 aliphatic rings. The van der Waals surface area contributed by atoms with Crippen LogP contribution in [0.25, 0.3) is 0 Å². The maximum Gasteiger partial charge on any atom is 0.328 e. The van der Waals surface area contributed by atoms with E-state index in [4.69, 9.17) is 4.74 Å². The predicted octanol–water partition coefficient (Wildman–Crippen LogP) is 3.37. The summed E-state index contributed by atoms with van der Waals surface area (Å²) in [4.78, 5) is 24.8. The highest BCUT2D eigenvalue weighted by atomic mass is 16.5. The smallest absolute Gasteiger partial charge is 0.328 e. The molecule has 0 aliphatic carbocycles. The third kappa shape index (κ3) is 3.71. The summed E-state index contributed by atoms with van der Waals surface area (Å²) in [5.74, 6) is -1.98. The largest absolute Gasteiger partial charge is 0.480 e. The molecule has 0 radical (unpaired) electrons. The van der Waals surface area contributed by atoms with Crippen LogP contribution in [0.15, 0.2) is 73.3 Å². The van der Waals surface area contributed by atoms with Crippen molar-refractivity contribution in [3.63, 3.8) is 0 Å². The van der Waals surface area contributed by atoms with Crippen LogP contribution in [0.5, 0.6) is 0 Å². The molecule has 0 aromatic heterocycles. The predicted molar refractivity (Wildman–Crippen MR) is 91.7 cm³/mol. The number of benzene rings is 2. The number of ether oxygens (including phenoxy) is 1. The van der Waals surface area contributed by atoms with Crippen LogP contribution in [-0.4, -0.2) is 23.7 Å². The van der Waals surface area contributed by atoms with E-state index in [2.05, 4.69) is 6.58 Å². The second-order valence-corrected chi connectivity index (χ2v) is 5.45. The Hall–Kier alpha value is -2.88. The summed E-state index contributed by atoms with van der Waals surface area (Å²) in [6.45, 7) is 3.48. The first-order valence-electron chi connectivity index (χ1n) is 7.72. The number of hydrogen-bond donors (Lipinski definition) is 1. The molecule has 0 amide bonds. The normalized spacial score (nSPS) is 12.8. The molecule has 0 fully saturated rings. The number of carbonyl (C=O) groups excluding carboxylic acids is 1. The molecule has 0 heterocycles. The van der Waals surface area contributed by atoms with Gasteiger partial charge in [-0.25, -0.2) is 0 Å². The molecule has 0 saturated carbocycles. The molecule has 124 valence electrons. The molecule has 0 aliphatic heterocycles. The summed E-state index contributed by atoms with van der Waals surface area (Å²) in [5, 5.41) is 9.90. The summed E-state index contributed by atoms with van der Waals surface area (Å²) >= 11 is 0. The van der Waals surface area contributed by atoms with Crippen molar-refractivity contribution in [2.45, 2.75) is 18.3 Å². The SMILES string of the molecule is C=CCOC(=O)C(CCc1ccccc1)(C(=O)O)c1ccccc1. The van der Waals surface area contributed by atoms with Gasteiger partial charge in [0.1, 0.15) is 6.61 Å². The van der Waals surface area contributed by atoms with Crippen molar-refractivity contribution in [3.8, 4) is 0 Å². The van der Waals surface area contributed by atoms with Gasteiger partial charge < -0.3 is 9.84 Å². The molecule has 1 unspecified atom stereocenters. The van der Waals surface area contributed by atoms with Gasteiger partial charge in [0, 0.05) is 0 Å². The molecule has 2 rings (SSSR count). The highest BCUT2D eigenvalue weighted by Gasteiger charge is 2.49. The maximum atomic E-state index is 12.6. The van der Waals surface area contributed by atoms with E-state index in [9.17, 15) is 14.7 Å². The first kappa shape index (κ1) is 17.5. The van der Waals surface area contributed by atoms with E-state index in [0.717, 1.165) is 5.56 Å². The molecule has 2 aromatic rings. The number of carboxylic acids is 1. The lowest BCUT2D eigenvalue weighted by molar-refractivity contribution is -0.161. The van der Waals surface area contributed by atoms with Gasteiger partial charge >= 0.3 is 11.9 Å². The molecule has 1 N–H and O–H groups in total. The Bertz CT molecular complexity index is 694. The Morgan fingerprint density at radius 3 is 2.17 bits per heavy atom. The van der Waals surface area contributed by atoms with E-state index in [-0.39, 0.29) is 13.0 Å². The topological polar surface area (TPSA) is 63.6 Å². The summed E-state index contributed by atoms with van der Waals surface area (Å²) in [7, 11) is 0. The van der Waals surface area contributed by atoms with Gasteiger partial charge in [0.2, 0.25) is 0 Å². The monoisotopic (exact) mass is 324 g/mol. The van der Waals surface area contributed by atoms with E-state index in [1.165, 1.54) is 6.08 Å². The zero-order valence-electron chi connectivity index (χ0n) is 13.4. The molecular weight excluding hydrogens is 304 g/mol. The number of hydrogen-bond acceptors (Lipinski definition) is 3. The second-order valence-electron chi connectivity index (χ2n) is 5.45. The van der Waals surface area contributed by atoms with Gasteiger partial charge in [0.05, 0.1) is 0 Å². The number of carboxylic acid groups (broad SMARTS) is 1. The van der Waals surface area contributed by atoms with Crippen LogP contribution in [0.1, 0.15) is 17.5 Å². The van der Waals surface area contributed by atoms with E-state index in [0.29, 0.717) is 12.0 Å². The maximum absolute atomic E-state index is 12.6. The molecule has 1 atom stereocenters. The van der Waals surface area contributed by atoms with Crippen molar-refractivity contribution in [2.75, 3.05) is 6.61 Å². The zero-order chi connectivity index (χ0) is 17.4. The van der Waals surface area contributed by atoms with Crippen LogP contribution >= 0.6 is 0 Å². The lowest BCUT2D eigenvalue weighted by Gasteiger charge is -2.27. The van der Waals surface area contributed by atoms with Gasteiger partial charge in [-0.3, -0.25) is 9.59 Å². The fourth-order valence-corrected chi connectivity index (χ4v) is 2.64. The number of rotatable bonds is 8. The quantitative estimate of drug-likeness (QED) is 0.459. The van der Waals surface area contributed by atoms with E-state index in [1.54, 1.807) is 30.3 Å². The Morgan fingerprint density at radius 2 is 1.62 bits per heavy atom. The molecule has 0 bridgehead atoms. The van der Waals surface area contributed by atoms with Crippen LogP contribution in [-0.2, 0) is 26.2 Å². The summed E-state index contributed by atoms with van der Waals surface area (Å²) < 4.78 is 5.12. The van der Waals surface area contributed by atoms with Crippen LogP contribution in [0, 0.1) is 0 Å². The van der Waals surface area contributed by atoms with Crippen molar-refractivity contribution in [1.29, 1.82) is 0 Å². The second kappa shape index (κ2) is 8.11. The number of aryl methyl sites for hydroxylation is 1. The van der Waals surface area contributed by atoms with E-state index < -0.39 is 17.4 Å². The number of esters is 1. The summed E-state index contributed by atoms with van der Waals surface area (Å²) in [5.41, 5.74) is -0.349. The van der Waals surface area contributed by atoms with Gasteiger partial charge in [-0.15, -0.1) is 0 Å². The molecule has 4 nitrogen and oxygen atoms in total. The minimum atomic E-state index is -1.74. The van der Waals surface area contributed by atoms with Crippen LogP contribution in [0.4, 0.5) is 0 Å². The van der Waals surface area contributed by atoms with Crippen LogP contribution in [0.3, 0.4) is 0 Å². The fourth-order valence-electron chi connectivity index (χ4n) is 2.64. The first-order valence-corrected chi connectivity index (χ1v) is 7.72. The van der Waals surface area contributed by atoms with E-state index >= 15 is 0 Å². The molecule has 0 saturated heterocycles. The first-order chi connectivity index (χ1) is 11.6. The van der Waals surface area contributed by atoms with Crippen LogP contribution < -0.4 is 0 Å². The number of carbonyl (C=O) groups is 2. The van der Waals surface area contributed by atoms with Gasteiger partial charge in [-0.2, -0.15) is 0 Å². The van der Waals surface area contributed by atoms with Gasteiger partial charge in [0.25, 0.3) is 0 Å². The zero-order valence-corrected chi connectivity index (χ0v) is 13.4. The lowest BCUT2D eigenvalue weighted by Crippen LogP contribution is -2.45. The molecule has 4 heteroatoms. The van der Waals surface area contributed by atoms with Crippen molar-refractivity contribution in [2.24, 2.45) is 0 Å². The average Bonchev–Trinajstić information content (AvgIpc) is 2.62. The third-order valence-corrected chi connectivity index (χ3v) is 3.94. The molecule has 0 spiro atoms. The fraction of sp³-hybridized carbons (Fsp3) is 0.200. The Balaban J connectivity index is 2.39. The Labute approximate surface area is 141 Å². The van der Waals surface area contributed by atoms with Gasteiger partial charge in [-0.1, -0.05) is 73.3 Å². The minimum absolute atomic E-state index is 0.0218. The Morgan fingerprint density at radius 1 is 1.04 bits per heavy atom. The van der Waals surface area contributed by atoms with Gasteiger partial charge in [-0.05, 0) is 24.0 Å². The van der Waals surface area contributed by atoms with Gasteiger partial charge in [0.15, 0.2) is 5.41 Å². The minimum Gasteiger partial charge on any atom is -0.480 e. The number of aliphatic carboxylic acids is 1. The summed E-state index contributed by atoms with van der Waals surface area (Å²) in [6.07, 6.45) is 1.99. The van der Waals surface area contributed by atoms with Crippen molar-refractivity contribution in [1.82, 2.24) is 0 Å². The average molecular weight is 324 g/mol. The molecular formula is C20H20O4. The summed E-state index contributed by atoms with van der Waals surface area (Å²) in [6, 6.07) is 18.0. The molecule has 24 heavy (non-hydrogen) atoms. The highest BCUT2D eigenvalue weighted by molar-refractivity contribution is 6.05. The molecule has 2 aromatic carbocycles. The van der Waals surface area contributed by atoms with E-state index in [1.807, 2.05) is 30.3 Å². The highest BCUT2D eigenvalue weighted by Crippen LogP contribution is 2.32. The lowest BCUT2D eigenvalue weighted by atomic mass is 9.76. The van der Waals surface area contributed by atoms with Crippen molar-refractivity contribution < 1.29 is 19.4 Å². The van der Waals surface area contributed by atoms with Crippen molar-refractivity contribution >= 4 is 11.9 Å². The Kier molecular flexibility index (Phi) is 5.90. The van der Waals surface area contributed by atoms with Crippen molar-refractivity contribution in [3.05, 3.63) is 84.4 Å².